The Labute approximate surface area is 148 Å². The van der Waals surface area contributed by atoms with E-state index in [0.717, 1.165) is 0 Å². The van der Waals surface area contributed by atoms with Gasteiger partial charge in [-0.15, -0.1) is 5.10 Å². The molecule has 9 nitrogen and oxygen atoms in total. The number of fused-ring (bicyclic) bond motifs is 1. The van der Waals surface area contributed by atoms with Gasteiger partial charge in [-0.05, 0) is 24.3 Å². The highest BCUT2D eigenvalue weighted by Gasteiger charge is 2.25. The van der Waals surface area contributed by atoms with Crippen molar-refractivity contribution in [1.82, 2.24) is 29.9 Å². The minimum Gasteiger partial charge on any atom is -0.453 e. The molecule has 1 aromatic carbocycles. The van der Waals surface area contributed by atoms with Gasteiger partial charge < -0.3 is 14.5 Å². The van der Waals surface area contributed by atoms with Crippen LogP contribution in [0.3, 0.4) is 0 Å². The number of carbonyl (C=O) groups is 1. The maximum absolute atomic E-state index is 13.1. The van der Waals surface area contributed by atoms with Crippen molar-refractivity contribution in [1.29, 1.82) is 0 Å². The second-order valence-corrected chi connectivity index (χ2v) is 5.79. The normalized spacial score (nSPS) is 14.7. The van der Waals surface area contributed by atoms with Crippen molar-refractivity contribution in [3.63, 3.8) is 0 Å². The smallest absolute Gasteiger partial charge is 0.409 e. The van der Waals surface area contributed by atoms with Gasteiger partial charge in [-0.25, -0.2) is 19.2 Å². The molecule has 0 atom stereocenters. The van der Waals surface area contributed by atoms with E-state index < -0.39 is 0 Å². The van der Waals surface area contributed by atoms with E-state index in [1.165, 1.54) is 25.6 Å². The molecule has 10 heteroatoms. The first-order valence-corrected chi connectivity index (χ1v) is 8.07. The van der Waals surface area contributed by atoms with Crippen LogP contribution in [0.1, 0.15) is 0 Å². The maximum Gasteiger partial charge on any atom is 0.409 e. The van der Waals surface area contributed by atoms with Crippen molar-refractivity contribution in [2.24, 2.45) is 0 Å². The molecule has 0 radical (unpaired) electrons. The number of halogens is 1. The number of anilines is 1. The number of hydrogen-bond donors (Lipinski definition) is 0. The van der Waals surface area contributed by atoms with Crippen molar-refractivity contribution in [2.45, 2.75) is 0 Å². The number of benzene rings is 1. The summed E-state index contributed by atoms with van der Waals surface area (Å²) in [4.78, 5) is 23.9. The van der Waals surface area contributed by atoms with Crippen LogP contribution < -0.4 is 4.90 Å². The SMILES string of the molecule is COC(=O)N1CCN(c2ncnc3c2nnn3-c2ccc(F)cc2)CC1. The second kappa shape index (κ2) is 6.54. The molecule has 1 aliphatic rings. The molecule has 1 fully saturated rings. The molecule has 1 saturated heterocycles. The molecule has 2 aromatic heterocycles. The van der Waals surface area contributed by atoms with Crippen LogP contribution in [0, 0.1) is 5.82 Å². The van der Waals surface area contributed by atoms with E-state index >= 15 is 0 Å². The number of nitrogens with zero attached hydrogens (tertiary/aromatic N) is 7. The highest BCUT2D eigenvalue weighted by atomic mass is 19.1. The highest BCUT2D eigenvalue weighted by Crippen LogP contribution is 2.23. The fourth-order valence-corrected chi connectivity index (χ4v) is 2.95. The zero-order chi connectivity index (χ0) is 18.1. The third-order valence-corrected chi connectivity index (χ3v) is 4.30. The van der Waals surface area contributed by atoms with E-state index in [4.69, 9.17) is 4.74 Å². The lowest BCUT2D eigenvalue weighted by molar-refractivity contribution is 0.121. The van der Waals surface area contributed by atoms with Crippen molar-refractivity contribution < 1.29 is 13.9 Å². The van der Waals surface area contributed by atoms with Crippen LogP contribution in [-0.4, -0.2) is 69.2 Å². The lowest BCUT2D eigenvalue weighted by Gasteiger charge is -2.34. The lowest BCUT2D eigenvalue weighted by Crippen LogP contribution is -2.49. The van der Waals surface area contributed by atoms with Gasteiger partial charge in [-0.2, -0.15) is 4.68 Å². The Balaban J connectivity index is 1.64. The number of aromatic nitrogens is 5. The van der Waals surface area contributed by atoms with Crippen LogP contribution in [-0.2, 0) is 4.74 Å². The summed E-state index contributed by atoms with van der Waals surface area (Å²) in [7, 11) is 1.37. The molecule has 0 spiro atoms. The van der Waals surface area contributed by atoms with Crippen LogP contribution in [0.25, 0.3) is 16.9 Å². The Morgan fingerprint density at radius 3 is 2.54 bits per heavy atom. The van der Waals surface area contributed by atoms with Gasteiger partial charge >= 0.3 is 6.09 Å². The van der Waals surface area contributed by atoms with Crippen molar-refractivity contribution >= 4 is 23.1 Å². The molecule has 0 aliphatic carbocycles. The van der Waals surface area contributed by atoms with Crippen LogP contribution >= 0.6 is 0 Å². The van der Waals surface area contributed by atoms with Gasteiger partial charge in [0.05, 0.1) is 12.8 Å². The quantitative estimate of drug-likeness (QED) is 0.682. The minimum absolute atomic E-state index is 0.322. The highest BCUT2D eigenvalue weighted by molar-refractivity contribution is 5.83. The standard InChI is InChI=1S/C16H16FN7O2/c1-26-16(25)23-8-6-22(7-9-23)14-13-15(19-10-18-14)24(21-20-13)12-4-2-11(17)3-5-12/h2-5,10H,6-9H2,1H3. The Bertz CT molecular complexity index is 935. The number of amides is 1. The molecular formula is C16H16FN7O2. The summed E-state index contributed by atoms with van der Waals surface area (Å²) in [5.41, 5.74) is 1.76. The zero-order valence-electron chi connectivity index (χ0n) is 14.0. The van der Waals surface area contributed by atoms with E-state index in [9.17, 15) is 9.18 Å². The van der Waals surface area contributed by atoms with Crippen LogP contribution in [0.15, 0.2) is 30.6 Å². The summed E-state index contributed by atoms with van der Waals surface area (Å²) in [6.07, 6.45) is 1.12. The number of methoxy groups -OCH3 is 1. The van der Waals surface area contributed by atoms with Gasteiger partial charge in [0.1, 0.15) is 12.1 Å². The summed E-state index contributed by atoms with van der Waals surface area (Å²) >= 11 is 0. The molecular weight excluding hydrogens is 341 g/mol. The Hall–Kier alpha value is -3.30. The number of ether oxygens (including phenoxy) is 1. The fraction of sp³-hybridized carbons (Fsp3) is 0.312. The molecule has 0 bridgehead atoms. The lowest BCUT2D eigenvalue weighted by atomic mass is 10.3. The monoisotopic (exact) mass is 357 g/mol. The van der Waals surface area contributed by atoms with Crippen molar-refractivity contribution in [2.75, 3.05) is 38.2 Å². The van der Waals surface area contributed by atoms with Gasteiger partial charge in [0, 0.05) is 26.2 Å². The van der Waals surface area contributed by atoms with Gasteiger partial charge in [-0.3, -0.25) is 0 Å². The summed E-state index contributed by atoms with van der Waals surface area (Å²) in [6.45, 7) is 2.27. The number of hydrogen-bond acceptors (Lipinski definition) is 7. The summed E-state index contributed by atoms with van der Waals surface area (Å²) in [5, 5.41) is 8.35. The number of piperazine rings is 1. The number of rotatable bonds is 2. The summed E-state index contributed by atoms with van der Waals surface area (Å²) in [5.74, 6) is 0.338. The molecule has 3 aromatic rings. The largest absolute Gasteiger partial charge is 0.453 e. The molecule has 0 unspecified atom stereocenters. The third kappa shape index (κ3) is 2.79. The number of carbonyl (C=O) groups excluding carboxylic acids is 1. The third-order valence-electron chi connectivity index (χ3n) is 4.30. The van der Waals surface area contributed by atoms with Gasteiger partial charge in [0.2, 0.25) is 0 Å². The molecule has 26 heavy (non-hydrogen) atoms. The summed E-state index contributed by atoms with van der Waals surface area (Å²) < 4.78 is 19.4. The van der Waals surface area contributed by atoms with Crippen LogP contribution in [0.2, 0.25) is 0 Å². The van der Waals surface area contributed by atoms with E-state index in [2.05, 4.69) is 20.3 Å². The minimum atomic E-state index is -0.334. The fourth-order valence-electron chi connectivity index (χ4n) is 2.95. The average Bonchev–Trinajstić information content (AvgIpc) is 3.12. The first-order valence-electron chi connectivity index (χ1n) is 8.07. The first-order chi connectivity index (χ1) is 12.7. The predicted molar refractivity (Wildman–Crippen MR) is 90.6 cm³/mol. The average molecular weight is 357 g/mol. The van der Waals surface area contributed by atoms with Crippen LogP contribution in [0.5, 0.6) is 0 Å². The molecule has 1 amide bonds. The molecule has 1 aliphatic heterocycles. The first kappa shape index (κ1) is 16.2. The van der Waals surface area contributed by atoms with Gasteiger partial charge in [-0.1, -0.05) is 5.21 Å². The predicted octanol–water partition coefficient (Wildman–Crippen LogP) is 1.24. The summed E-state index contributed by atoms with van der Waals surface area (Å²) in [6, 6.07) is 5.94. The zero-order valence-corrected chi connectivity index (χ0v) is 14.0. The van der Waals surface area contributed by atoms with E-state index in [0.29, 0.717) is 48.8 Å². The second-order valence-electron chi connectivity index (χ2n) is 5.79. The molecule has 0 N–H and O–H groups in total. The Morgan fingerprint density at radius 2 is 1.85 bits per heavy atom. The van der Waals surface area contributed by atoms with E-state index in [-0.39, 0.29) is 11.9 Å². The van der Waals surface area contributed by atoms with E-state index in [1.54, 1.807) is 21.7 Å². The molecule has 0 saturated carbocycles. The Kier molecular flexibility index (Phi) is 4.07. The van der Waals surface area contributed by atoms with Crippen LogP contribution in [0.4, 0.5) is 15.0 Å². The van der Waals surface area contributed by atoms with Crippen molar-refractivity contribution in [3.05, 3.63) is 36.4 Å². The Morgan fingerprint density at radius 1 is 1.12 bits per heavy atom. The van der Waals surface area contributed by atoms with E-state index in [1.807, 2.05) is 4.90 Å². The molecule has 134 valence electrons. The van der Waals surface area contributed by atoms with Gasteiger partial charge in [0.15, 0.2) is 17.0 Å². The molecule has 4 rings (SSSR count). The topological polar surface area (TPSA) is 89.3 Å². The molecule has 3 heterocycles. The van der Waals surface area contributed by atoms with Gasteiger partial charge in [0.25, 0.3) is 0 Å². The maximum atomic E-state index is 13.1. The van der Waals surface area contributed by atoms with Crippen molar-refractivity contribution in [3.8, 4) is 5.69 Å².